The molecule has 0 amide bonds. The summed E-state index contributed by atoms with van der Waals surface area (Å²) in [7, 11) is -3.56. The Kier molecular flexibility index (Phi) is 4.98. The third kappa shape index (κ3) is 4.27. The predicted molar refractivity (Wildman–Crippen MR) is 81.5 cm³/mol. The Labute approximate surface area is 128 Å². The summed E-state index contributed by atoms with van der Waals surface area (Å²) < 4.78 is 39.5. The van der Waals surface area contributed by atoms with Crippen molar-refractivity contribution in [3.8, 4) is 0 Å². The van der Waals surface area contributed by atoms with Crippen LogP contribution in [0.3, 0.4) is 0 Å². The smallest absolute Gasteiger partial charge is 0.211 e. The fourth-order valence-corrected chi connectivity index (χ4v) is 3.08. The molecule has 0 spiro atoms. The van der Waals surface area contributed by atoms with Gasteiger partial charge >= 0.3 is 0 Å². The van der Waals surface area contributed by atoms with Crippen molar-refractivity contribution in [3.63, 3.8) is 0 Å². The summed E-state index contributed by atoms with van der Waals surface area (Å²) in [6.45, 7) is 2.00. The van der Waals surface area contributed by atoms with Gasteiger partial charge in [-0.2, -0.15) is 0 Å². The van der Waals surface area contributed by atoms with Crippen LogP contribution < -0.4 is 4.72 Å². The van der Waals surface area contributed by atoms with E-state index in [2.05, 4.69) is 4.72 Å². The van der Waals surface area contributed by atoms with Gasteiger partial charge in [-0.05, 0) is 54.8 Å². The molecule has 3 nitrogen and oxygen atoms in total. The Morgan fingerprint density at radius 2 is 1.81 bits per heavy atom. The molecule has 0 unspecified atom stereocenters. The molecule has 0 saturated heterocycles. The monoisotopic (exact) mass is 327 g/mol. The summed E-state index contributed by atoms with van der Waals surface area (Å²) in [4.78, 5) is 0.184. The second-order valence-corrected chi connectivity index (χ2v) is 6.86. The summed E-state index contributed by atoms with van der Waals surface area (Å²) in [6, 6.07) is 10.5. The van der Waals surface area contributed by atoms with Gasteiger partial charge in [-0.1, -0.05) is 23.7 Å². The van der Waals surface area contributed by atoms with Gasteiger partial charge in [0.15, 0.2) is 0 Å². The van der Waals surface area contributed by atoms with E-state index in [0.717, 1.165) is 5.56 Å². The molecule has 0 bridgehead atoms. The number of hydrogen-bond donors (Lipinski definition) is 1. The number of sulfonamides is 1. The van der Waals surface area contributed by atoms with Gasteiger partial charge in [0.2, 0.25) is 10.0 Å². The van der Waals surface area contributed by atoms with Crippen molar-refractivity contribution in [1.29, 1.82) is 0 Å². The second kappa shape index (κ2) is 6.56. The molecule has 2 aromatic rings. The molecule has 2 rings (SSSR count). The summed E-state index contributed by atoms with van der Waals surface area (Å²) >= 11 is 5.88. The SMILES string of the molecule is Cc1cc(S(=O)(=O)NCCc2ccc(F)cc2)ccc1Cl. The van der Waals surface area contributed by atoms with Crippen molar-refractivity contribution in [2.24, 2.45) is 0 Å². The van der Waals surface area contributed by atoms with E-state index < -0.39 is 10.0 Å². The molecule has 0 aromatic heterocycles. The van der Waals surface area contributed by atoms with E-state index in [0.29, 0.717) is 17.0 Å². The fourth-order valence-electron chi connectivity index (χ4n) is 1.85. The topological polar surface area (TPSA) is 46.2 Å². The van der Waals surface area contributed by atoms with Crippen LogP contribution in [0.1, 0.15) is 11.1 Å². The maximum Gasteiger partial charge on any atom is 0.240 e. The highest BCUT2D eigenvalue weighted by Gasteiger charge is 2.14. The molecule has 0 aliphatic heterocycles. The molecule has 0 aliphatic rings. The van der Waals surface area contributed by atoms with Gasteiger partial charge in [-0.15, -0.1) is 0 Å². The van der Waals surface area contributed by atoms with E-state index in [1.807, 2.05) is 0 Å². The Balaban J connectivity index is 2.01. The maximum absolute atomic E-state index is 12.8. The van der Waals surface area contributed by atoms with Gasteiger partial charge in [-0.3, -0.25) is 0 Å². The zero-order chi connectivity index (χ0) is 15.5. The van der Waals surface area contributed by atoms with Gasteiger partial charge in [0.25, 0.3) is 0 Å². The van der Waals surface area contributed by atoms with Crippen LogP contribution in [-0.2, 0) is 16.4 Å². The minimum Gasteiger partial charge on any atom is -0.211 e. The first-order valence-electron chi connectivity index (χ1n) is 6.39. The van der Waals surface area contributed by atoms with Crippen LogP contribution in [0, 0.1) is 12.7 Å². The molecule has 2 aromatic carbocycles. The summed E-state index contributed by atoms with van der Waals surface area (Å²) in [5, 5.41) is 0.528. The van der Waals surface area contributed by atoms with E-state index in [-0.39, 0.29) is 17.3 Å². The number of rotatable bonds is 5. The minimum atomic E-state index is -3.56. The van der Waals surface area contributed by atoms with Crippen LogP contribution in [0.5, 0.6) is 0 Å². The van der Waals surface area contributed by atoms with Gasteiger partial charge in [0.1, 0.15) is 5.82 Å². The van der Waals surface area contributed by atoms with Crippen molar-refractivity contribution >= 4 is 21.6 Å². The van der Waals surface area contributed by atoms with Crippen LogP contribution in [0.4, 0.5) is 4.39 Å². The van der Waals surface area contributed by atoms with E-state index in [1.165, 1.54) is 24.3 Å². The summed E-state index contributed by atoms with van der Waals surface area (Å²) in [5.41, 5.74) is 1.57. The minimum absolute atomic E-state index is 0.184. The third-order valence-electron chi connectivity index (χ3n) is 3.06. The Morgan fingerprint density at radius 1 is 1.14 bits per heavy atom. The average Bonchev–Trinajstić information content (AvgIpc) is 2.44. The van der Waals surface area contributed by atoms with Crippen LogP contribution in [-0.4, -0.2) is 15.0 Å². The zero-order valence-corrected chi connectivity index (χ0v) is 13.0. The lowest BCUT2D eigenvalue weighted by atomic mass is 10.1. The number of benzene rings is 2. The van der Waals surface area contributed by atoms with Gasteiger partial charge in [0, 0.05) is 11.6 Å². The number of aryl methyl sites for hydroxylation is 1. The lowest BCUT2D eigenvalue weighted by Crippen LogP contribution is -2.26. The second-order valence-electron chi connectivity index (χ2n) is 4.69. The number of nitrogens with one attached hydrogen (secondary N) is 1. The Hall–Kier alpha value is -1.43. The normalized spacial score (nSPS) is 11.6. The lowest BCUT2D eigenvalue weighted by molar-refractivity contribution is 0.581. The van der Waals surface area contributed by atoms with Crippen LogP contribution in [0.2, 0.25) is 5.02 Å². The Morgan fingerprint density at radius 3 is 2.43 bits per heavy atom. The molecule has 1 N–H and O–H groups in total. The van der Waals surface area contributed by atoms with E-state index in [9.17, 15) is 12.8 Å². The molecular weight excluding hydrogens is 313 g/mol. The highest BCUT2D eigenvalue weighted by molar-refractivity contribution is 7.89. The summed E-state index contributed by atoms with van der Waals surface area (Å²) in [5.74, 6) is -0.309. The quantitative estimate of drug-likeness (QED) is 0.915. The van der Waals surface area contributed by atoms with E-state index in [4.69, 9.17) is 11.6 Å². The number of hydrogen-bond acceptors (Lipinski definition) is 2. The molecule has 0 saturated carbocycles. The molecule has 21 heavy (non-hydrogen) atoms. The van der Waals surface area contributed by atoms with Crippen molar-refractivity contribution < 1.29 is 12.8 Å². The van der Waals surface area contributed by atoms with Gasteiger partial charge in [-0.25, -0.2) is 17.5 Å². The first kappa shape index (κ1) is 15.9. The van der Waals surface area contributed by atoms with E-state index >= 15 is 0 Å². The lowest BCUT2D eigenvalue weighted by Gasteiger charge is -2.08. The number of halogens is 2. The van der Waals surface area contributed by atoms with Crippen molar-refractivity contribution in [1.82, 2.24) is 4.72 Å². The highest BCUT2D eigenvalue weighted by Crippen LogP contribution is 2.19. The summed E-state index contributed by atoms with van der Waals surface area (Å²) in [6.07, 6.45) is 0.492. The zero-order valence-electron chi connectivity index (χ0n) is 11.4. The van der Waals surface area contributed by atoms with Gasteiger partial charge in [0.05, 0.1) is 4.90 Å². The van der Waals surface area contributed by atoms with Crippen LogP contribution in [0.25, 0.3) is 0 Å². The predicted octanol–water partition coefficient (Wildman–Crippen LogP) is 3.31. The third-order valence-corrected chi connectivity index (χ3v) is 4.94. The van der Waals surface area contributed by atoms with E-state index in [1.54, 1.807) is 25.1 Å². The molecule has 0 heterocycles. The van der Waals surface area contributed by atoms with Gasteiger partial charge < -0.3 is 0 Å². The molecule has 0 aliphatic carbocycles. The maximum atomic E-state index is 12.8. The molecule has 0 radical (unpaired) electrons. The Bertz CT molecular complexity index is 730. The fraction of sp³-hybridized carbons (Fsp3) is 0.200. The molecule has 6 heteroatoms. The molecular formula is C15H15ClFNO2S. The molecule has 0 atom stereocenters. The highest BCUT2D eigenvalue weighted by atomic mass is 35.5. The largest absolute Gasteiger partial charge is 0.240 e. The van der Waals surface area contributed by atoms with Crippen LogP contribution >= 0.6 is 11.6 Å². The standard InChI is InChI=1S/C15H15ClFNO2S/c1-11-10-14(6-7-15(11)16)21(19,20)18-9-8-12-2-4-13(17)5-3-12/h2-7,10,18H,8-9H2,1H3. The van der Waals surface area contributed by atoms with Crippen molar-refractivity contribution in [2.45, 2.75) is 18.2 Å². The molecule has 0 fully saturated rings. The van der Waals surface area contributed by atoms with Crippen LogP contribution in [0.15, 0.2) is 47.4 Å². The first-order valence-corrected chi connectivity index (χ1v) is 8.25. The first-order chi connectivity index (χ1) is 9.88. The van der Waals surface area contributed by atoms with Crippen molar-refractivity contribution in [3.05, 3.63) is 64.4 Å². The molecule has 112 valence electrons. The van der Waals surface area contributed by atoms with Crippen molar-refractivity contribution in [2.75, 3.05) is 6.54 Å². The average molecular weight is 328 g/mol.